The maximum absolute atomic E-state index is 12.1. The minimum atomic E-state index is -1.03. The van der Waals surface area contributed by atoms with Gasteiger partial charge in [-0.05, 0) is 31.2 Å². The Morgan fingerprint density at radius 1 is 1.23 bits per heavy atom. The van der Waals surface area contributed by atoms with Crippen LogP contribution in [-0.2, 0) is 14.3 Å². The van der Waals surface area contributed by atoms with Crippen LogP contribution in [0.1, 0.15) is 44.0 Å². The van der Waals surface area contributed by atoms with Gasteiger partial charge >= 0.3 is 5.97 Å². The number of carbonyl (C=O) groups excluding carboxylic acids is 3. The Bertz CT molecular complexity index is 694. The molecule has 7 heteroatoms. The minimum absolute atomic E-state index is 0.0149. The molecule has 0 aromatic heterocycles. The number of carbonyl (C=O) groups is 3. The van der Waals surface area contributed by atoms with E-state index in [0.29, 0.717) is 5.56 Å². The van der Waals surface area contributed by atoms with E-state index in [9.17, 15) is 14.4 Å². The number of benzene rings is 1. The number of esters is 1. The molecule has 0 saturated carbocycles. The Morgan fingerprint density at radius 3 is 2.35 bits per heavy atom. The molecule has 26 heavy (non-hydrogen) atoms. The third-order valence-electron chi connectivity index (χ3n) is 4.12. The lowest BCUT2D eigenvalue weighted by Crippen LogP contribution is -2.50. The van der Waals surface area contributed by atoms with Crippen molar-refractivity contribution in [2.45, 2.75) is 44.0 Å². The number of Topliss-reactive ketones (excluding diaryl/α,β-unsaturated/α-hetero) is 1. The zero-order valence-electron chi connectivity index (χ0n) is 15.5. The third kappa shape index (κ3) is 6.52. The van der Waals surface area contributed by atoms with Crippen LogP contribution in [0.15, 0.2) is 29.2 Å². The summed E-state index contributed by atoms with van der Waals surface area (Å²) >= 11 is 1.58. The number of thioether (sulfide) groups is 1. The Morgan fingerprint density at radius 2 is 1.85 bits per heavy atom. The molecule has 0 heterocycles. The normalized spacial score (nSPS) is 12.8. The van der Waals surface area contributed by atoms with Crippen LogP contribution >= 0.6 is 11.8 Å². The van der Waals surface area contributed by atoms with Gasteiger partial charge in [0, 0.05) is 16.9 Å². The highest BCUT2D eigenvalue weighted by molar-refractivity contribution is 7.98. The maximum atomic E-state index is 12.1. The van der Waals surface area contributed by atoms with Gasteiger partial charge in [0.1, 0.15) is 5.54 Å². The van der Waals surface area contributed by atoms with Crippen LogP contribution in [0, 0.1) is 17.2 Å². The molecular weight excluding hydrogens is 352 g/mol. The predicted molar refractivity (Wildman–Crippen MR) is 99.7 cm³/mol. The van der Waals surface area contributed by atoms with Crippen molar-refractivity contribution in [2.24, 2.45) is 5.92 Å². The second-order valence-corrected chi connectivity index (χ2v) is 7.21. The maximum Gasteiger partial charge on any atom is 0.306 e. The van der Waals surface area contributed by atoms with Gasteiger partial charge in [0.05, 0.1) is 12.5 Å². The van der Waals surface area contributed by atoms with Crippen molar-refractivity contribution in [1.29, 1.82) is 5.26 Å². The van der Waals surface area contributed by atoms with Crippen molar-refractivity contribution >= 4 is 29.4 Å². The van der Waals surface area contributed by atoms with Crippen molar-refractivity contribution < 1.29 is 19.1 Å². The number of ether oxygens (including phenoxy) is 1. The highest BCUT2D eigenvalue weighted by Crippen LogP contribution is 2.16. The summed E-state index contributed by atoms with van der Waals surface area (Å²) in [6, 6.07) is 9.19. The monoisotopic (exact) mass is 376 g/mol. The minimum Gasteiger partial charge on any atom is -0.456 e. The zero-order valence-corrected chi connectivity index (χ0v) is 16.3. The average molecular weight is 376 g/mol. The van der Waals surface area contributed by atoms with Gasteiger partial charge in [0.15, 0.2) is 12.4 Å². The lowest BCUT2D eigenvalue weighted by Gasteiger charge is -2.27. The second-order valence-electron chi connectivity index (χ2n) is 6.33. The number of hydrogen-bond acceptors (Lipinski definition) is 6. The van der Waals surface area contributed by atoms with Gasteiger partial charge in [-0.1, -0.05) is 26.0 Å². The summed E-state index contributed by atoms with van der Waals surface area (Å²) in [7, 11) is 0. The summed E-state index contributed by atoms with van der Waals surface area (Å²) in [4.78, 5) is 36.7. The van der Waals surface area contributed by atoms with E-state index in [1.165, 1.54) is 0 Å². The van der Waals surface area contributed by atoms with Crippen LogP contribution in [0.25, 0.3) is 0 Å². The van der Waals surface area contributed by atoms with Gasteiger partial charge in [0.2, 0.25) is 0 Å². The van der Waals surface area contributed by atoms with Gasteiger partial charge < -0.3 is 10.1 Å². The van der Waals surface area contributed by atoms with Gasteiger partial charge in [-0.15, -0.1) is 11.8 Å². The average Bonchev–Trinajstić information content (AvgIpc) is 2.64. The van der Waals surface area contributed by atoms with Crippen molar-refractivity contribution in [3.63, 3.8) is 0 Å². The summed E-state index contributed by atoms with van der Waals surface area (Å²) < 4.78 is 4.88. The first-order chi connectivity index (χ1) is 12.2. The van der Waals surface area contributed by atoms with Crippen molar-refractivity contribution in [3.05, 3.63) is 29.8 Å². The highest BCUT2D eigenvalue weighted by atomic mass is 32.2. The van der Waals surface area contributed by atoms with Crippen LogP contribution in [0.4, 0.5) is 0 Å². The van der Waals surface area contributed by atoms with E-state index in [-0.39, 0.29) is 24.5 Å². The molecule has 1 atom stereocenters. The van der Waals surface area contributed by atoms with E-state index in [0.717, 1.165) is 4.90 Å². The molecule has 6 nitrogen and oxygen atoms in total. The van der Waals surface area contributed by atoms with Gasteiger partial charge in [-0.3, -0.25) is 14.4 Å². The first-order valence-electron chi connectivity index (χ1n) is 8.27. The van der Waals surface area contributed by atoms with Crippen molar-refractivity contribution in [3.8, 4) is 6.07 Å². The smallest absolute Gasteiger partial charge is 0.306 e. The fraction of sp³-hybridized carbons (Fsp3) is 0.474. The molecule has 0 fully saturated rings. The van der Waals surface area contributed by atoms with Crippen LogP contribution in [0.3, 0.4) is 0 Å². The van der Waals surface area contributed by atoms with Crippen molar-refractivity contribution in [2.75, 3.05) is 12.9 Å². The molecule has 0 aliphatic rings. The Labute approximate surface area is 158 Å². The first kappa shape index (κ1) is 21.7. The molecule has 0 aliphatic carbocycles. The van der Waals surface area contributed by atoms with Crippen molar-refractivity contribution in [1.82, 2.24) is 5.32 Å². The van der Waals surface area contributed by atoms with E-state index in [2.05, 4.69) is 5.32 Å². The molecule has 0 radical (unpaired) electrons. The van der Waals surface area contributed by atoms with E-state index in [1.807, 2.05) is 38.3 Å². The Kier molecular flexibility index (Phi) is 8.33. The topological polar surface area (TPSA) is 96.3 Å². The summed E-state index contributed by atoms with van der Waals surface area (Å²) in [5.74, 6) is -1.43. The van der Waals surface area contributed by atoms with E-state index >= 15 is 0 Å². The Hall–Kier alpha value is -2.33. The molecule has 0 aliphatic heterocycles. The number of nitrogens with zero attached hydrogens (tertiary/aromatic N) is 1. The van der Waals surface area contributed by atoms with Gasteiger partial charge in [0.25, 0.3) is 5.91 Å². The highest BCUT2D eigenvalue weighted by Gasteiger charge is 2.30. The van der Waals surface area contributed by atoms with Crippen LogP contribution in [0.2, 0.25) is 0 Å². The second kappa shape index (κ2) is 9.97. The van der Waals surface area contributed by atoms with Crippen LogP contribution in [-0.4, -0.2) is 36.1 Å². The lowest BCUT2D eigenvalue weighted by molar-refractivity contribution is -0.148. The number of amides is 1. The van der Waals surface area contributed by atoms with Gasteiger partial charge in [-0.25, -0.2) is 0 Å². The first-order valence-corrected chi connectivity index (χ1v) is 9.49. The summed E-state index contributed by atoms with van der Waals surface area (Å²) in [6.07, 6.45) is 1.86. The summed E-state index contributed by atoms with van der Waals surface area (Å²) in [5, 5.41) is 11.7. The fourth-order valence-corrected chi connectivity index (χ4v) is 2.39. The zero-order chi connectivity index (χ0) is 19.7. The molecule has 140 valence electrons. The van der Waals surface area contributed by atoms with E-state index in [4.69, 9.17) is 10.00 Å². The molecule has 0 saturated heterocycles. The molecule has 1 aromatic carbocycles. The van der Waals surface area contributed by atoms with Crippen LogP contribution in [0.5, 0.6) is 0 Å². The number of rotatable bonds is 9. The molecule has 1 rings (SSSR count). The molecular formula is C19H24N2O4S. The predicted octanol–water partition coefficient (Wildman–Crippen LogP) is 2.97. The summed E-state index contributed by atoms with van der Waals surface area (Å²) in [5.41, 5.74) is -0.488. The number of ketones is 1. The Balaban J connectivity index is 2.41. The van der Waals surface area contributed by atoms with E-state index in [1.54, 1.807) is 30.8 Å². The molecule has 0 bridgehead atoms. The number of nitrogens with one attached hydrogen (secondary N) is 1. The molecule has 1 amide bonds. The SMILES string of the molecule is CSc1ccc(C(=O)CCC(=O)OCC(=O)N[C@](C)(C#N)C(C)C)cc1. The fourth-order valence-electron chi connectivity index (χ4n) is 1.98. The van der Waals surface area contributed by atoms with Gasteiger partial charge in [-0.2, -0.15) is 5.26 Å². The molecule has 0 spiro atoms. The largest absolute Gasteiger partial charge is 0.456 e. The molecule has 1 N–H and O–H groups in total. The van der Waals surface area contributed by atoms with Crippen LogP contribution < -0.4 is 5.32 Å². The van der Waals surface area contributed by atoms with E-state index < -0.39 is 24.0 Å². The summed E-state index contributed by atoms with van der Waals surface area (Å²) in [6.45, 7) is 4.76. The number of hydrogen-bond donors (Lipinski definition) is 1. The standard InChI is InChI=1S/C19H24N2O4S/c1-13(2)19(3,12-20)21-17(23)11-25-18(24)10-9-16(22)14-5-7-15(26-4)8-6-14/h5-8,13H,9-11H2,1-4H3,(H,21,23)/t19-/m1/s1. The molecule has 0 unspecified atom stereocenters. The molecule has 1 aromatic rings. The quantitative estimate of drug-likeness (QED) is 0.404. The lowest BCUT2D eigenvalue weighted by atomic mass is 9.90. The third-order valence-corrected chi connectivity index (χ3v) is 4.86. The number of nitriles is 1.